The van der Waals surface area contributed by atoms with Crippen LogP contribution in [-0.4, -0.2) is 39.5 Å². The Morgan fingerprint density at radius 3 is 2.64 bits per heavy atom. The molecule has 1 aromatic heterocycles. The summed E-state index contributed by atoms with van der Waals surface area (Å²) in [5.74, 6) is -2.13. The Hall–Kier alpha value is -2.07. The van der Waals surface area contributed by atoms with Gasteiger partial charge in [-0.2, -0.15) is 0 Å². The predicted molar refractivity (Wildman–Crippen MR) is 106 cm³/mol. The summed E-state index contributed by atoms with van der Waals surface area (Å²) in [5, 5.41) is 1.26. The molecule has 1 aliphatic rings. The van der Waals surface area contributed by atoms with E-state index in [4.69, 9.17) is 10.6 Å². The van der Waals surface area contributed by atoms with Crippen molar-refractivity contribution in [1.29, 1.82) is 0 Å². The molecule has 0 saturated carbocycles. The SMILES string of the molecule is CCCCC(C(=O)ON1C(=O)CCC1=O)c1cccc(SSCCC(N)=O)n1. The topological polar surface area (TPSA) is 120 Å². The van der Waals surface area contributed by atoms with Crippen LogP contribution in [-0.2, 0) is 24.0 Å². The minimum atomic E-state index is -0.669. The Balaban J connectivity index is 2.07. The maximum absolute atomic E-state index is 12.7. The maximum Gasteiger partial charge on any atom is 0.342 e. The van der Waals surface area contributed by atoms with Crippen molar-refractivity contribution >= 4 is 45.3 Å². The first-order valence-electron chi connectivity index (χ1n) is 9.04. The Kier molecular flexibility index (Phi) is 8.78. The smallest absolute Gasteiger partial charge is 0.342 e. The molecule has 1 fully saturated rings. The average Bonchev–Trinajstić information content (AvgIpc) is 2.98. The number of hydroxylamine groups is 2. The van der Waals surface area contributed by atoms with Gasteiger partial charge >= 0.3 is 5.97 Å². The molecular weight excluding hydrogens is 402 g/mol. The second-order valence-electron chi connectivity index (χ2n) is 6.21. The van der Waals surface area contributed by atoms with Crippen LogP contribution in [0.3, 0.4) is 0 Å². The number of rotatable bonds is 11. The van der Waals surface area contributed by atoms with Crippen LogP contribution in [0.25, 0.3) is 0 Å². The van der Waals surface area contributed by atoms with Gasteiger partial charge in [-0.25, -0.2) is 9.78 Å². The van der Waals surface area contributed by atoms with Gasteiger partial charge in [-0.1, -0.05) is 36.6 Å². The highest BCUT2D eigenvalue weighted by Gasteiger charge is 2.35. The van der Waals surface area contributed by atoms with E-state index in [1.54, 1.807) is 18.2 Å². The lowest BCUT2D eigenvalue weighted by Crippen LogP contribution is -2.34. The highest BCUT2D eigenvalue weighted by Crippen LogP contribution is 2.32. The quantitative estimate of drug-likeness (QED) is 0.326. The van der Waals surface area contributed by atoms with E-state index in [9.17, 15) is 19.2 Å². The minimum Gasteiger partial charge on any atom is -0.370 e. The monoisotopic (exact) mass is 425 g/mol. The number of amides is 3. The number of carbonyl (C=O) groups excluding carboxylic acids is 4. The van der Waals surface area contributed by atoms with Gasteiger partial charge in [-0.3, -0.25) is 14.4 Å². The summed E-state index contributed by atoms with van der Waals surface area (Å²) in [6.07, 6.45) is 2.54. The van der Waals surface area contributed by atoms with E-state index in [1.165, 1.54) is 21.6 Å². The molecule has 1 atom stereocenters. The lowest BCUT2D eigenvalue weighted by Gasteiger charge is -2.19. The fraction of sp³-hybridized carbons (Fsp3) is 0.500. The molecule has 1 saturated heterocycles. The largest absolute Gasteiger partial charge is 0.370 e. The average molecular weight is 426 g/mol. The van der Waals surface area contributed by atoms with Crippen molar-refractivity contribution in [2.75, 3.05) is 5.75 Å². The molecule has 0 aliphatic carbocycles. The van der Waals surface area contributed by atoms with E-state index < -0.39 is 23.7 Å². The van der Waals surface area contributed by atoms with Gasteiger partial charge in [-0.05, 0) is 29.3 Å². The van der Waals surface area contributed by atoms with Crippen molar-refractivity contribution in [3.63, 3.8) is 0 Å². The van der Waals surface area contributed by atoms with Gasteiger partial charge < -0.3 is 10.6 Å². The maximum atomic E-state index is 12.7. The lowest BCUT2D eigenvalue weighted by atomic mass is 9.98. The molecule has 10 heteroatoms. The van der Waals surface area contributed by atoms with Crippen molar-refractivity contribution in [3.8, 4) is 0 Å². The summed E-state index contributed by atoms with van der Waals surface area (Å²) in [6, 6.07) is 5.33. The number of hydrogen-bond acceptors (Lipinski definition) is 8. The number of pyridine rings is 1. The summed E-state index contributed by atoms with van der Waals surface area (Å²) in [4.78, 5) is 56.5. The van der Waals surface area contributed by atoms with E-state index >= 15 is 0 Å². The van der Waals surface area contributed by atoms with Crippen molar-refractivity contribution < 1.29 is 24.0 Å². The van der Waals surface area contributed by atoms with E-state index in [1.807, 2.05) is 6.92 Å². The number of imide groups is 1. The van der Waals surface area contributed by atoms with Crippen LogP contribution in [0.2, 0.25) is 0 Å². The van der Waals surface area contributed by atoms with Crippen molar-refractivity contribution in [3.05, 3.63) is 23.9 Å². The molecule has 0 aromatic carbocycles. The normalized spacial score (nSPS) is 15.0. The molecule has 2 rings (SSSR count). The zero-order valence-corrected chi connectivity index (χ0v) is 17.2. The number of aromatic nitrogens is 1. The number of carbonyl (C=O) groups is 4. The molecule has 8 nitrogen and oxygen atoms in total. The fourth-order valence-electron chi connectivity index (χ4n) is 2.52. The molecule has 0 bridgehead atoms. The summed E-state index contributed by atoms with van der Waals surface area (Å²) in [5.41, 5.74) is 5.65. The first-order chi connectivity index (χ1) is 13.4. The molecule has 0 spiro atoms. The lowest BCUT2D eigenvalue weighted by molar-refractivity contribution is -0.198. The second kappa shape index (κ2) is 11.1. The first-order valence-corrected chi connectivity index (χ1v) is 11.4. The molecule has 3 amide bonds. The van der Waals surface area contributed by atoms with Gasteiger partial charge in [0.2, 0.25) is 5.91 Å². The van der Waals surface area contributed by atoms with Gasteiger partial charge in [0.1, 0.15) is 10.9 Å². The van der Waals surface area contributed by atoms with Crippen molar-refractivity contribution in [2.45, 2.75) is 56.4 Å². The molecule has 1 aliphatic heterocycles. The van der Waals surface area contributed by atoms with Crippen LogP contribution in [0.5, 0.6) is 0 Å². The Morgan fingerprint density at radius 1 is 1.29 bits per heavy atom. The molecule has 1 aromatic rings. The molecule has 152 valence electrons. The third-order valence-electron chi connectivity index (χ3n) is 4.00. The molecule has 2 N–H and O–H groups in total. The zero-order valence-electron chi connectivity index (χ0n) is 15.6. The van der Waals surface area contributed by atoms with Crippen LogP contribution >= 0.6 is 21.6 Å². The van der Waals surface area contributed by atoms with Crippen LogP contribution in [0.4, 0.5) is 0 Å². The van der Waals surface area contributed by atoms with Crippen LogP contribution in [0.15, 0.2) is 23.2 Å². The predicted octanol–water partition coefficient (Wildman–Crippen LogP) is 2.58. The number of nitrogens with zero attached hydrogens (tertiary/aromatic N) is 2. The van der Waals surface area contributed by atoms with Crippen LogP contribution in [0, 0.1) is 0 Å². The Bertz CT molecular complexity index is 728. The number of hydrogen-bond donors (Lipinski definition) is 1. The summed E-state index contributed by atoms with van der Waals surface area (Å²) in [7, 11) is 2.84. The highest BCUT2D eigenvalue weighted by atomic mass is 33.1. The van der Waals surface area contributed by atoms with Crippen LogP contribution in [0.1, 0.15) is 57.1 Å². The van der Waals surface area contributed by atoms with E-state index in [0.717, 1.165) is 12.8 Å². The standard InChI is InChI=1S/C18H23N3O5S2/c1-2-3-5-12(18(25)26-21-16(23)8-9-17(21)24)13-6-4-7-15(20-13)28-27-11-10-14(19)22/h4,6-7,12H,2-3,5,8-11H2,1H3,(H2,19,22). The van der Waals surface area contributed by atoms with E-state index in [0.29, 0.717) is 28.0 Å². The molecule has 28 heavy (non-hydrogen) atoms. The number of primary amides is 1. The van der Waals surface area contributed by atoms with Gasteiger partial charge in [0.05, 0.1) is 5.69 Å². The highest BCUT2D eigenvalue weighted by molar-refractivity contribution is 8.76. The number of unbranched alkanes of at least 4 members (excludes halogenated alkanes) is 1. The summed E-state index contributed by atoms with van der Waals surface area (Å²) < 4.78 is 0. The third kappa shape index (κ3) is 6.52. The van der Waals surface area contributed by atoms with Gasteiger partial charge in [-0.15, -0.1) is 5.06 Å². The van der Waals surface area contributed by atoms with E-state index in [-0.39, 0.29) is 25.2 Å². The molecule has 1 unspecified atom stereocenters. The van der Waals surface area contributed by atoms with Crippen LogP contribution < -0.4 is 5.73 Å². The molecule has 2 heterocycles. The summed E-state index contributed by atoms with van der Waals surface area (Å²) >= 11 is 0. The number of nitrogens with two attached hydrogens (primary N) is 1. The Labute approximate surface area is 171 Å². The van der Waals surface area contributed by atoms with Gasteiger partial charge in [0, 0.05) is 25.0 Å². The second-order valence-corrected chi connectivity index (χ2v) is 8.65. The van der Waals surface area contributed by atoms with E-state index in [2.05, 4.69) is 4.98 Å². The van der Waals surface area contributed by atoms with Crippen molar-refractivity contribution in [1.82, 2.24) is 10.0 Å². The summed E-state index contributed by atoms with van der Waals surface area (Å²) in [6.45, 7) is 2.00. The third-order valence-corrected chi connectivity index (χ3v) is 6.25. The first kappa shape index (κ1) is 22.2. The fourth-order valence-corrected chi connectivity index (χ4v) is 4.43. The Morgan fingerprint density at radius 2 is 2.00 bits per heavy atom. The molecule has 0 radical (unpaired) electrons. The van der Waals surface area contributed by atoms with Crippen molar-refractivity contribution in [2.24, 2.45) is 5.73 Å². The zero-order chi connectivity index (χ0) is 20.5. The molecular formula is C18H23N3O5S2. The van der Waals surface area contributed by atoms with Gasteiger partial charge in [0.25, 0.3) is 11.8 Å². The minimum absolute atomic E-state index is 0.0542. The van der Waals surface area contributed by atoms with Gasteiger partial charge in [0.15, 0.2) is 0 Å².